The number of nitrogens with two attached hydrogens (primary N) is 1. The van der Waals surface area contributed by atoms with Gasteiger partial charge in [0, 0.05) is 24.2 Å². The van der Waals surface area contributed by atoms with E-state index in [0.29, 0.717) is 0 Å². The number of benzene rings is 1. The molecule has 0 saturated heterocycles. The molecule has 2 aromatic rings. The van der Waals surface area contributed by atoms with Crippen molar-refractivity contribution in [1.82, 2.24) is 4.90 Å². The van der Waals surface area contributed by atoms with E-state index in [9.17, 15) is 4.79 Å². The van der Waals surface area contributed by atoms with E-state index in [0.717, 1.165) is 24.2 Å². The molecule has 0 saturated carbocycles. The van der Waals surface area contributed by atoms with Crippen LogP contribution in [0.2, 0.25) is 0 Å². The number of carbonyl (C=O) groups excluding carboxylic acids is 1. The highest BCUT2D eigenvalue weighted by atomic mass is 32.1. The summed E-state index contributed by atoms with van der Waals surface area (Å²) in [4.78, 5) is 15.6. The number of carbonyl (C=O) groups is 1. The van der Waals surface area contributed by atoms with Crippen molar-refractivity contribution in [3.05, 3.63) is 51.7 Å². The third-order valence-corrected chi connectivity index (χ3v) is 4.80. The van der Waals surface area contributed by atoms with E-state index >= 15 is 0 Å². The number of rotatable bonds is 3. The van der Waals surface area contributed by atoms with Gasteiger partial charge in [-0.1, -0.05) is 12.1 Å². The number of hydrogen-bond donors (Lipinski definition) is 1. The molecule has 5 heteroatoms. The van der Waals surface area contributed by atoms with Crippen molar-refractivity contribution >= 4 is 22.9 Å². The lowest BCUT2D eigenvalue weighted by Crippen LogP contribution is -2.41. The van der Waals surface area contributed by atoms with Crippen LogP contribution in [0.3, 0.4) is 0 Å². The second-order valence-corrected chi connectivity index (χ2v) is 6.14. The van der Waals surface area contributed by atoms with Gasteiger partial charge in [-0.15, -0.1) is 11.3 Å². The van der Waals surface area contributed by atoms with E-state index in [2.05, 4.69) is 11.4 Å². The highest BCUT2D eigenvalue weighted by Gasteiger charge is 2.32. The molecule has 1 aliphatic heterocycles. The monoisotopic (exact) mass is 302 g/mol. The summed E-state index contributed by atoms with van der Waals surface area (Å²) in [5.41, 5.74) is 8.82. The number of thiophene rings is 1. The summed E-state index contributed by atoms with van der Waals surface area (Å²) in [6.45, 7) is 0.843. The van der Waals surface area contributed by atoms with Gasteiger partial charge in [0.05, 0.1) is 6.04 Å². The second-order valence-electron chi connectivity index (χ2n) is 5.14. The van der Waals surface area contributed by atoms with E-state index < -0.39 is 0 Å². The lowest BCUT2D eigenvalue weighted by Gasteiger charge is -2.36. The smallest absolute Gasteiger partial charge is 0.249 e. The van der Waals surface area contributed by atoms with E-state index in [-0.39, 0.29) is 18.6 Å². The maximum atomic E-state index is 12.4. The Kier molecular flexibility index (Phi) is 3.94. The van der Waals surface area contributed by atoms with Crippen LogP contribution < -0.4 is 5.73 Å². The van der Waals surface area contributed by atoms with E-state index in [4.69, 9.17) is 10.5 Å². The van der Waals surface area contributed by atoms with Crippen molar-refractivity contribution < 1.29 is 9.53 Å². The molecule has 4 nitrogen and oxygen atoms in total. The Labute approximate surface area is 128 Å². The zero-order valence-electron chi connectivity index (χ0n) is 11.9. The van der Waals surface area contributed by atoms with Crippen molar-refractivity contribution in [2.45, 2.75) is 12.5 Å². The molecule has 1 atom stereocenters. The van der Waals surface area contributed by atoms with Gasteiger partial charge in [-0.25, -0.2) is 0 Å². The number of ether oxygens (including phenoxy) is 1. The van der Waals surface area contributed by atoms with Crippen molar-refractivity contribution in [3.63, 3.8) is 0 Å². The first-order valence-electron chi connectivity index (χ1n) is 6.91. The molecule has 1 aromatic heterocycles. The van der Waals surface area contributed by atoms with Gasteiger partial charge in [-0.3, -0.25) is 4.79 Å². The third kappa shape index (κ3) is 2.66. The number of hydrogen-bond acceptors (Lipinski definition) is 4. The third-order valence-electron chi connectivity index (χ3n) is 3.81. The molecule has 0 unspecified atom stereocenters. The van der Waals surface area contributed by atoms with Crippen LogP contribution >= 0.6 is 11.3 Å². The number of fused-ring (bicyclic) bond motifs is 1. The average molecular weight is 302 g/mol. The van der Waals surface area contributed by atoms with Crippen molar-refractivity contribution in [2.24, 2.45) is 0 Å². The Morgan fingerprint density at radius 2 is 2.14 bits per heavy atom. The quantitative estimate of drug-likeness (QED) is 0.886. The minimum Gasteiger partial charge on any atom is -0.399 e. The fourth-order valence-corrected chi connectivity index (χ4v) is 3.73. The molecule has 1 aromatic carbocycles. The summed E-state index contributed by atoms with van der Waals surface area (Å²) >= 11 is 1.76. The molecular formula is C16H18N2O2S. The van der Waals surface area contributed by atoms with Crippen LogP contribution in [-0.2, 0) is 16.0 Å². The van der Waals surface area contributed by atoms with Crippen LogP contribution in [0.15, 0.2) is 35.7 Å². The number of nitrogens with zero attached hydrogens (tertiary/aromatic N) is 1. The van der Waals surface area contributed by atoms with Crippen molar-refractivity contribution in [1.29, 1.82) is 0 Å². The first kappa shape index (κ1) is 14.1. The van der Waals surface area contributed by atoms with E-state index in [1.165, 1.54) is 10.4 Å². The van der Waals surface area contributed by atoms with Gasteiger partial charge in [0.25, 0.3) is 0 Å². The highest BCUT2D eigenvalue weighted by molar-refractivity contribution is 7.10. The molecule has 0 aliphatic carbocycles. The molecular weight excluding hydrogens is 284 g/mol. The zero-order chi connectivity index (χ0) is 14.8. The molecule has 0 fully saturated rings. The average Bonchev–Trinajstić information content (AvgIpc) is 2.96. The maximum Gasteiger partial charge on any atom is 0.249 e. The van der Waals surface area contributed by atoms with Gasteiger partial charge in [0.15, 0.2) is 0 Å². The minimum atomic E-state index is -0.0387. The van der Waals surface area contributed by atoms with Crippen LogP contribution in [0.5, 0.6) is 0 Å². The summed E-state index contributed by atoms with van der Waals surface area (Å²) in [6, 6.07) is 9.85. The Morgan fingerprint density at radius 3 is 2.86 bits per heavy atom. The Morgan fingerprint density at radius 1 is 1.38 bits per heavy atom. The van der Waals surface area contributed by atoms with Crippen LogP contribution in [-0.4, -0.2) is 31.1 Å². The van der Waals surface area contributed by atoms with Gasteiger partial charge in [0.2, 0.25) is 5.91 Å². The van der Waals surface area contributed by atoms with Crippen LogP contribution in [0.1, 0.15) is 22.0 Å². The molecule has 0 spiro atoms. The Hall–Kier alpha value is -1.85. The van der Waals surface area contributed by atoms with Gasteiger partial charge < -0.3 is 15.4 Å². The van der Waals surface area contributed by atoms with Crippen LogP contribution in [0.25, 0.3) is 0 Å². The zero-order valence-corrected chi connectivity index (χ0v) is 12.7. The molecule has 0 radical (unpaired) electrons. The number of anilines is 1. The number of nitrogen functional groups attached to an aromatic ring is 1. The normalized spacial score (nSPS) is 17.6. The second kappa shape index (κ2) is 5.87. The molecule has 110 valence electrons. The van der Waals surface area contributed by atoms with Gasteiger partial charge in [-0.05, 0) is 41.1 Å². The summed E-state index contributed by atoms with van der Waals surface area (Å²) in [5.74, 6) is 0.0242. The van der Waals surface area contributed by atoms with E-state index in [1.807, 2.05) is 29.2 Å². The van der Waals surface area contributed by atoms with Crippen LogP contribution in [0.4, 0.5) is 5.69 Å². The van der Waals surface area contributed by atoms with Gasteiger partial charge in [-0.2, -0.15) is 0 Å². The lowest BCUT2D eigenvalue weighted by molar-refractivity contribution is -0.137. The molecule has 2 heterocycles. The molecule has 3 rings (SSSR count). The Balaban J connectivity index is 2.01. The number of amides is 1. The highest BCUT2D eigenvalue weighted by Crippen LogP contribution is 2.37. The summed E-state index contributed by atoms with van der Waals surface area (Å²) in [7, 11) is 1.55. The summed E-state index contributed by atoms with van der Waals surface area (Å²) in [6.07, 6.45) is 0.911. The first-order chi connectivity index (χ1) is 10.2. The standard InChI is InChI=1S/C16H18N2O2S/c1-20-10-15(19)18-8-6-14-13(7-9-21-14)16(18)11-2-4-12(17)5-3-11/h2-5,7,9,16H,6,8,10,17H2,1H3/t16-/m1/s1. The fourth-order valence-electron chi connectivity index (χ4n) is 2.83. The molecule has 0 bridgehead atoms. The molecule has 21 heavy (non-hydrogen) atoms. The lowest BCUT2D eigenvalue weighted by atomic mass is 9.93. The minimum absolute atomic E-state index is 0.0242. The van der Waals surface area contributed by atoms with E-state index in [1.54, 1.807) is 18.4 Å². The fraction of sp³-hybridized carbons (Fsp3) is 0.312. The molecule has 2 N–H and O–H groups in total. The maximum absolute atomic E-state index is 12.4. The van der Waals surface area contributed by atoms with Crippen molar-refractivity contribution in [2.75, 3.05) is 26.0 Å². The van der Waals surface area contributed by atoms with Crippen LogP contribution in [0, 0.1) is 0 Å². The predicted octanol–water partition coefficient (Wildman–Crippen LogP) is 2.45. The van der Waals surface area contributed by atoms with Gasteiger partial charge >= 0.3 is 0 Å². The molecule has 1 aliphatic rings. The first-order valence-corrected chi connectivity index (χ1v) is 7.79. The largest absolute Gasteiger partial charge is 0.399 e. The number of methoxy groups -OCH3 is 1. The predicted molar refractivity (Wildman–Crippen MR) is 84.3 cm³/mol. The molecule has 1 amide bonds. The SMILES string of the molecule is COCC(=O)N1CCc2sccc2[C@H]1c1ccc(N)cc1. The summed E-state index contributed by atoms with van der Waals surface area (Å²) in [5, 5.41) is 2.10. The topological polar surface area (TPSA) is 55.6 Å². The van der Waals surface area contributed by atoms with Gasteiger partial charge in [0.1, 0.15) is 6.61 Å². The van der Waals surface area contributed by atoms with Crippen molar-refractivity contribution in [3.8, 4) is 0 Å². The Bertz CT molecular complexity index is 636. The summed E-state index contributed by atoms with van der Waals surface area (Å²) < 4.78 is 5.02.